The lowest BCUT2D eigenvalue weighted by Gasteiger charge is -2.63. The molecule has 2 N–H and O–H groups in total. The summed E-state index contributed by atoms with van der Waals surface area (Å²) in [5.74, 6) is 1.32. The summed E-state index contributed by atoms with van der Waals surface area (Å²) in [6, 6.07) is 0. The Bertz CT molecular complexity index is 549. The molecule has 0 aromatic carbocycles. The maximum Gasteiger partial charge on any atom is 0.137 e. The largest absolute Gasteiger partial charge is 0.396 e. The van der Waals surface area contributed by atoms with Crippen LogP contribution in [0.2, 0.25) is 0 Å². The molecule has 1 spiro atoms. The van der Waals surface area contributed by atoms with E-state index in [4.69, 9.17) is 0 Å². The van der Waals surface area contributed by atoms with Gasteiger partial charge in [-0.15, -0.1) is 0 Å². The number of hydrogen-bond donors (Lipinski definition) is 2. The average molecular weight is 318 g/mol. The fourth-order valence-electron chi connectivity index (χ4n) is 7.57. The number of ketones is 1. The Kier molecular flexibility index (Phi) is 3.39. The Balaban J connectivity index is 1.80. The van der Waals surface area contributed by atoms with Gasteiger partial charge < -0.3 is 10.2 Å². The minimum absolute atomic E-state index is 0.0609. The molecule has 4 fully saturated rings. The fraction of sp³-hybridized carbons (Fsp3) is 0.850. The monoisotopic (exact) mass is 318 g/mol. The van der Waals surface area contributed by atoms with Crippen LogP contribution >= 0.6 is 0 Å². The van der Waals surface area contributed by atoms with Crippen molar-refractivity contribution >= 4 is 5.78 Å². The fourth-order valence-corrected chi connectivity index (χ4v) is 7.57. The molecule has 0 heterocycles. The molecule has 4 aliphatic rings. The molecule has 2 bridgehead atoms. The number of aliphatic hydroxyl groups is 2. The molecule has 128 valence electrons. The minimum atomic E-state index is -0.599. The van der Waals surface area contributed by atoms with Crippen LogP contribution in [0.25, 0.3) is 0 Å². The molecule has 5 atom stereocenters. The van der Waals surface area contributed by atoms with Crippen molar-refractivity contribution in [3.05, 3.63) is 12.2 Å². The molecule has 0 amide bonds. The zero-order valence-corrected chi connectivity index (χ0v) is 14.3. The van der Waals surface area contributed by atoms with Crippen LogP contribution in [-0.2, 0) is 4.79 Å². The Hall–Kier alpha value is -0.670. The van der Waals surface area contributed by atoms with Gasteiger partial charge in [0.2, 0.25) is 0 Å². The lowest BCUT2D eigenvalue weighted by atomic mass is 9.40. The third kappa shape index (κ3) is 1.87. The third-order valence-electron chi connectivity index (χ3n) is 8.29. The Morgan fingerprint density at radius 2 is 1.91 bits per heavy atom. The van der Waals surface area contributed by atoms with Crippen LogP contribution in [0.15, 0.2) is 12.2 Å². The molecule has 0 saturated heterocycles. The molecular formula is C20H30O3. The van der Waals surface area contributed by atoms with Crippen molar-refractivity contribution in [3.8, 4) is 0 Å². The zero-order chi connectivity index (χ0) is 16.5. The number of aliphatic hydroxyl groups excluding tert-OH is 2. The molecule has 23 heavy (non-hydrogen) atoms. The maximum atomic E-state index is 13.3. The van der Waals surface area contributed by atoms with Crippen molar-refractivity contribution in [2.24, 2.45) is 34.0 Å². The van der Waals surface area contributed by atoms with Crippen molar-refractivity contribution in [2.45, 2.75) is 58.3 Å². The van der Waals surface area contributed by atoms with Gasteiger partial charge in [-0.05, 0) is 61.2 Å². The van der Waals surface area contributed by atoms with Crippen LogP contribution in [0, 0.1) is 34.0 Å². The van der Waals surface area contributed by atoms with Gasteiger partial charge in [-0.25, -0.2) is 0 Å². The molecule has 3 nitrogen and oxygen atoms in total. The molecule has 0 aliphatic heterocycles. The normalized spacial score (nSPS) is 48.0. The van der Waals surface area contributed by atoms with Gasteiger partial charge in [-0.3, -0.25) is 4.79 Å². The third-order valence-corrected chi connectivity index (χ3v) is 8.29. The van der Waals surface area contributed by atoms with Gasteiger partial charge in [0.15, 0.2) is 0 Å². The van der Waals surface area contributed by atoms with Gasteiger partial charge in [-0.2, -0.15) is 0 Å². The van der Waals surface area contributed by atoms with Gasteiger partial charge >= 0.3 is 0 Å². The number of Topliss-reactive ketones (excluding diaryl/α,β-unsaturated/α-hetero) is 1. The zero-order valence-electron chi connectivity index (χ0n) is 14.3. The van der Waals surface area contributed by atoms with Crippen LogP contribution < -0.4 is 0 Å². The summed E-state index contributed by atoms with van der Waals surface area (Å²) in [4.78, 5) is 13.3. The van der Waals surface area contributed by atoms with E-state index in [0.29, 0.717) is 24.0 Å². The van der Waals surface area contributed by atoms with E-state index in [9.17, 15) is 15.0 Å². The highest BCUT2D eigenvalue weighted by atomic mass is 16.3. The first kappa shape index (κ1) is 15.8. The molecule has 0 aromatic rings. The molecule has 0 radical (unpaired) electrons. The minimum Gasteiger partial charge on any atom is -0.396 e. The summed E-state index contributed by atoms with van der Waals surface area (Å²) in [5.41, 5.74) is 0.845. The van der Waals surface area contributed by atoms with Crippen LogP contribution in [0.5, 0.6) is 0 Å². The van der Waals surface area contributed by atoms with E-state index in [2.05, 4.69) is 13.5 Å². The second-order valence-corrected chi connectivity index (χ2v) is 9.34. The standard InChI is InChI=1S/C20H30O3/c1-13-8-20-9-14(13)4-5-16(20)18(2)6-3-7-19(11-21,12-22)17(18)15(23)10-20/h14,16-17,21-22H,1,3-12H2,2H3/t14-,16+,17+,18+,20-/m1/s1. The smallest absolute Gasteiger partial charge is 0.137 e. The van der Waals surface area contributed by atoms with Crippen molar-refractivity contribution in [1.82, 2.24) is 0 Å². The van der Waals surface area contributed by atoms with Crippen LogP contribution in [0.3, 0.4) is 0 Å². The Morgan fingerprint density at radius 1 is 1.17 bits per heavy atom. The number of fused-ring (bicyclic) bond motifs is 3. The molecule has 4 saturated carbocycles. The lowest BCUT2D eigenvalue weighted by Crippen LogP contribution is -2.62. The Labute approximate surface area is 139 Å². The summed E-state index contributed by atoms with van der Waals surface area (Å²) in [6.07, 6.45) is 8.09. The first-order valence-electron chi connectivity index (χ1n) is 9.33. The molecule has 4 aliphatic carbocycles. The summed E-state index contributed by atoms with van der Waals surface area (Å²) < 4.78 is 0. The van der Waals surface area contributed by atoms with Crippen LogP contribution in [-0.4, -0.2) is 29.2 Å². The van der Waals surface area contributed by atoms with Crippen molar-refractivity contribution in [2.75, 3.05) is 13.2 Å². The topological polar surface area (TPSA) is 57.5 Å². The van der Waals surface area contributed by atoms with E-state index in [1.165, 1.54) is 18.4 Å². The van der Waals surface area contributed by atoms with Gasteiger partial charge in [0.25, 0.3) is 0 Å². The quantitative estimate of drug-likeness (QED) is 0.769. The van der Waals surface area contributed by atoms with E-state index >= 15 is 0 Å². The predicted octanol–water partition coefficient (Wildman–Crippen LogP) is 3.10. The first-order chi connectivity index (χ1) is 10.9. The predicted molar refractivity (Wildman–Crippen MR) is 88.7 cm³/mol. The summed E-state index contributed by atoms with van der Waals surface area (Å²) >= 11 is 0. The number of rotatable bonds is 2. The number of carbonyl (C=O) groups excluding carboxylic acids is 1. The van der Waals surface area contributed by atoms with Gasteiger partial charge in [0.05, 0.1) is 13.2 Å². The highest BCUT2D eigenvalue weighted by molar-refractivity contribution is 5.85. The number of hydrogen-bond acceptors (Lipinski definition) is 3. The molecule has 4 rings (SSSR count). The van der Waals surface area contributed by atoms with E-state index in [-0.39, 0.29) is 30.0 Å². The van der Waals surface area contributed by atoms with E-state index in [1.54, 1.807) is 0 Å². The first-order valence-corrected chi connectivity index (χ1v) is 9.33. The number of carbonyl (C=O) groups is 1. The van der Waals surface area contributed by atoms with Gasteiger partial charge in [-0.1, -0.05) is 25.5 Å². The maximum absolute atomic E-state index is 13.3. The van der Waals surface area contributed by atoms with E-state index in [1.807, 2.05) is 0 Å². The second kappa shape index (κ2) is 4.92. The molecule has 3 heteroatoms. The second-order valence-electron chi connectivity index (χ2n) is 9.34. The van der Waals surface area contributed by atoms with E-state index < -0.39 is 5.41 Å². The molecule has 0 unspecified atom stereocenters. The summed E-state index contributed by atoms with van der Waals surface area (Å²) in [7, 11) is 0. The van der Waals surface area contributed by atoms with Gasteiger partial charge in [0, 0.05) is 17.8 Å². The van der Waals surface area contributed by atoms with Gasteiger partial charge in [0.1, 0.15) is 5.78 Å². The number of allylic oxidation sites excluding steroid dienone is 1. The van der Waals surface area contributed by atoms with Crippen molar-refractivity contribution in [3.63, 3.8) is 0 Å². The van der Waals surface area contributed by atoms with E-state index in [0.717, 1.165) is 32.1 Å². The summed E-state index contributed by atoms with van der Waals surface area (Å²) in [5, 5.41) is 20.1. The molecule has 0 aromatic heterocycles. The highest BCUT2D eigenvalue weighted by Gasteiger charge is 2.67. The summed E-state index contributed by atoms with van der Waals surface area (Å²) in [6.45, 7) is 6.47. The lowest BCUT2D eigenvalue weighted by molar-refractivity contribution is -0.184. The average Bonchev–Trinajstić information content (AvgIpc) is 2.75. The highest BCUT2D eigenvalue weighted by Crippen LogP contribution is 2.71. The Morgan fingerprint density at radius 3 is 2.61 bits per heavy atom. The van der Waals surface area contributed by atoms with Crippen LogP contribution in [0.1, 0.15) is 58.3 Å². The molecular weight excluding hydrogens is 288 g/mol. The van der Waals surface area contributed by atoms with Crippen molar-refractivity contribution < 1.29 is 15.0 Å². The van der Waals surface area contributed by atoms with Crippen LogP contribution in [0.4, 0.5) is 0 Å². The SMILES string of the molecule is C=C1C[C@@]23CC(=O)[C@@H]4C(CO)(CO)CCC[C@@]4(C)[C@@H]2CC[C@@H]1C3. The van der Waals surface area contributed by atoms with Crippen molar-refractivity contribution in [1.29, 1.82) is 0 Å².